The molecular formula is C8H13F3N2. The summed E-state index contributed by atoms with van der Waals surface area (Å²) >= 11 is 0. The minimum Gasteiger partial charge on any atom is -0.301 e. The van der Waals surface area contributed by atoms with Crippen LogP contribution in [-0.4, -0.2) is 18.4 Å². The quantitative estimate of drug-likeness (QED) is 0.670. The second-order valence-corrected chi connectivity index (χ2v) is 3.89. The largest absolute Gasteiger partial charge is 0.407 e. The van der Waals surface area contributed by atoms with Gasteiger partial charge in [0.1, 0.15) is 6.54 Å². The first-order valence-electron chi connectivity index (χ1n) is 4.18. The molecule has 2 nitrogen and oxygen atoms in total. The zero-order valence-corrected chi connectivity index (χ0v) is 7.70. The predicted molar refractivity (Wildman–Crippen MR) is 44.5 cm³/mol. The Morgan fingerprint density at radius 1 is 1.46 bits per heavy atom. The molecule has 1 rings (SSSR count). The van der Waals surface area contributed by atoms with Crippen LogP contribution in [0.2, 0.25) is 0 Å². The third kappa shape index (κ3) is 2.90. The van der Waals surface area contributed by atoms with E-state index < -0.39 is 12.7 Å². The molecule has 0 saturated heterocycles. The molecule has 0 aromatic carbocycles. The van der Waals surface area contributed by atoms with Crippen molar-refractivity contribution in [2.24, 2.45) is 10.5 Å². The maximum atomic E-state index is 11.7. The highest BCUT2D eigenvalue weighted by molar-refractivity contribution is 5.94. The lowest BCUT2D eigenvalue weighted by Crippen LogP contribution is -2.37. The molecule has 0 aromatic heterocycles. The van der Waals surface area contributed by atoms with Crippen molar-refractivity contribution in [3.8, 4) is 0 Å². The van der Waals surface area contributed by atoms with E-state index in [4.69, 9.17) is 0 Å². The minimum atomic E-state index is -4.18. The molecule has 0 bridgehead atoms. The maximum Gasteiger partial charge on any atom is 0.407 e. The average molecular weight is 194 g/mol. The molecule has 0 heterocycles. The molecule has 1 saturated carbocycles. The molecule has 0 spiro atoms. The zero-order chi connectivity index (χ0) is 10.1. The highest BCUT2D eigenvalue weighted by Gasteiger charge is 2.34. The van der Waals surface area contributed by atoms with Gasteiger partial charge in [-0.1, -0.05) is 13.8 Å². The summed E-state index contributed by atoms with van der Waals surface area (Å²) in [5, 5.41) is 3.71. The Morgan fingerprint density at radius 3 is 2.38 bits per heavy atom. The first-order valence-corrected chi connectivity index (χ1v) is 4.18. The fourth-order valence-corrected chi connectivity index (χ4v) is 1.17. The van der Waals surface area contributed by atoms with Crippen LogP contribution < -0.4 is 5.43 Å². The van der Waals surface area contributed by atoms with Crippen molar-refractivity contribution in [1.82, 2.24) is 5.43 Å². The van der Waals surface area contributed by atoms with Gasteiger partial charge < -0.3 is 5.43 Å². The topological polar surface area (TPSA) is 24.4 Å². The molecule has 76 valence electrons. The second kappa shape index (κ2) is 3.20. The Balaban J connectivity index is 2.34. The molecule has 13 heavy (non-hydrogen) atoms. The van der Waals surface area contributed by atoms with Crippen molar-refractivity contribution in [3.63, 3.8) is 0 Å². The molecule has 0 unspecified atom stereocenters. The van der Waals surface area contributed by atoms with Gasteiger partial charge in [0.15, 0.2) is 0 Å². The number of alkyl halides is 3. The molecule has 1 N–H and O–H groups in total. The van der Waals surface area contributed by atoms with Crippen LogP contribution in [0.25, 0.3) is 0 Å². The summed E-state index contributed by atoms with van der Waals surface area (Å²) in [6.07, 6.45) is -2.38. The normalized spacial score (nSPS) is 24.2. The molecule has 0 amide bonds. The van der Waals surface area contributed by atoms with Gasteiger partial charge in [0.25, 0.3) is 0 Å². The van der Waals surface area contributed by atoms with E-state index in [0.29, 0.717) is 0 Å². The molecule has 1 aliphatic carbocycles. The molecule has 0 radical (unpaired) electrons. The summed E-state index contributed by atoms with van der Waals surface area (Å²) in [6, 6.07) is 0. The third-order valence-corrected chi connectivity index (χ3v) is 2.26. The van der Waals surface area contributed by atoms with Crippen LogP contribution in [0.4, 0.5) is 13.2 Å². The highest BCUT2D eigenvalue weighted by Crippen LogP contribution is 2.36. The van der Waals surface area contributed by atoms with E-state index in [1.807, 2.05) is 19.3 Å². The Hall–Kier alpha value is -0.740. The van der Waals surface area contributed by atoms with E-state index in [-0.39, 0.29) is 5.41 Å². The lowest BCUT2D eigenvalue weighted by molar-refractivity contribution is -0.124. The van der Waals surface area contributed by atoms with Crippen LogP contribution in [0.15, 0.2) is 5.10 Å². The van der Waals surface area contributed by atoms with Crippen molar-refractivity contribution >= 4 is 5.71 Å². The van der Waals surface area contributed by atoms with E-state index in [1.165, 1.54) is 0 Å². The molecule has 0 atom stereocenters. The summed E-state index contributed by atoms with van der Waals surface area (Å²) in [6.45, 7) is 2.90. The van der Waals surface area contributed by atoms with Crippen LogP contribution in [0.3, 0.4) is 0 Å². The molecule has 5 heteroatoms. The number of rotatable bonds is 2. The summed E-state index contributed by atoms with van der Waals surface area (Å²) in [7, 11) is 0. The van der Waals surface area contributed by atoms with Gasteiger partial charge in [0, 0.05) is 11.1 Å². The average Bonchev–Trinajstić information content (AvgIpc) is 1.94. The minimum absolute atomic E-state index is 0.0153. The van der Waals surface area contributed by atoms with Gasteiger partial charge in [0.05, 0.1) is 0 Å². The van der Waals surface area contributed by atoms with E-state index in [2.05, 4.69) is 5.10 Å². The Bertz CT molecular complexity index is 218. The van der Waals surface area contributed by atoms with Crippen molar-refractivity contribution in [2.75, 3.05) is 6.54 Å². The summed E-state index contributed by atoms with van der Waals surface area (Å²) in [5.74, 6) is 0. The summed E-state index contributed by atoms with van der Waals surface area (Å²) in [5.41, 5.74) is 2.86. The van der Waals surface area contributed by atoms with Gasteiger partial charge in [-0.05, 0) is 12.8 Å². The maximum absolute atomic E-state index is 11.7. The van der Waals surface area contributed by atoms with Gasteiger partial charge in [0.2, 0.25) is 0 Å². The highest BCUT2D eigenvalue weighted by atomic mass is 19.4. The number of nitrogens with zero attached hydrogens (tertiary/aromatic N) is 1. The van der Waals surface area contributed by atoms with Gasteiger partial charge >= 0.3 is 6.18 Å². The second-order valence-electron chi connectivity index (χ2n) is 3.89. The molecule has 0 aliphatic heterocycles. The zero-order valence-electron chi connectivity index (χ0n) is 7.70. The smallest absolute Gasteiger partial charge is 0.301 e. The van der Waals surface area contributed by atoms with Crippen molar-refractivity contribution in [3.05, 3.63) is 0 Å². The van der Waals surface area contributed by atoms with Gasteiger partial charge in [-0.2, -0.15) is 18.3 Å². The summed E-state index contributed by atoms with van der Waals surface area (Å²) in [4.78, 5) is 0. The number of hydrazone groups is 1. The van der Waals surface area contributed by atoms with Gasteiger partial charge in [-0.25, -0.2) is 0 Å². The SMILES string of the molecule is CC1(C)CC/C1=N\NCC(F)(F)F. The van der Waals surface area contributed by atoms with Gasteiger partial charge in [-0.3, -0.25) is 0 Å². The standard InChI is InChI=1S/C8H13F3N2/c1-7(2)4-3-6(7)13-12-5-8(9,10)11/h12H,3-5H2,1-2H3/b13-6+. The number of nitrogens with one attached hydrogen (secondary N) is 1. The molecule has 1 fully saturated rings. The number of hydrogen-bond acceptors (Lipinski definition) is 2. The Morgan fingerprint density at radius 2 is 2.08 bits per heavy atom. The first-order chi connectivity index (χ1) is 5.81. The predicted octanol–water partition coefficient (Wildman–Crippen LogP) is 2.31. The first kappa shape index (κ1) is 10.3. The van der Waals surface area contributed by atoms with Crippen LogP contribution in [-0.2, 0) is 0 Å². The lowest BCUT2D eigenvalue weighted by atomic mass is 9.70. The molecular weight excluding hydrogens is 181 g/mol. The van der Waals surface area contributed by atoms with E-state index in [9.17, 15) is 13.2 Å². The monoisotopic (exact) mass is 194 g/mol. The Labute approximate surface area is 75.2 Å². The van der Waals surface area contributed by atoms with E-state index in [1.54, 1.807) is 0 Å². The Kier molecular flexibility index (Phi) is 2.54. The van der Waals surface area contributed by atoms with E-state index in [0.717, 1.165) is 18.6 Å². The summed E-state index contributed by atoms with van der Waals surface area (Å²) < 4.78 is 35.1. The fourth-order valence-electron chi connectivity index (χ4n) is 1.17. The van der Waals surface area contributed by atoms with Crippen LogP contribution in [0, 0.1) is 5.41 Å². The van der Waals surface area contributed by atoms with Crippen LogP contribution in [0.1, 0.15) is 26.7 Å². The number of halogens is 3. The molecule has 0 aromatic rings. The fraction of sp³-hybridized carbons (Fsp3) is 0.875. The van der Waals surface area contributed by atoms with E-state index >= 15 is 0 Å². The number of hydrogen-bond donors (Lipinski definition) is 1. The lowest BCUT2D eigenvalue weighted by Gasteiger charge is -2.36. The van der Waals surface area contributed by atoms with Crippen molar-refractivity contribution in [2.45, 2.75) is 32.9 Å². The van der Waals surface area contributed by atoms with Gasteiger partial charge in [-0.15, -0.1) is 0 Å². The van der Waals surface area contributed by atoms with Crippen molar-refractivity contribution < 1.29 is 13.2 Å². The third-order valence-electron chi connectivity index (χ3n) is 2.26. The van der Waals surface area contributed by atoms with Crippen LogP contribution >= 0.6 is 0 Å². The van der Waals surface area contributed by atoms with Crippen molar-refractivity contribution in [1.29, 1.82) is 0 Å². The van der Waals surface area contributed by atoms with Crippen LogP contribution in [0.5, 0.6) is 0 Å². The molecule has 1 aliphatic rings.